The second-order valence-corrected chi connectivity index (χ2v) is 9.03. The number of morpholine rings is 1. The summed E-state index contributed by atoms with van der Waals surface area (Å²) < 4.78 is 11.4. The Kier molecular flexibility index (Phi) is 7.01. The first-order valence-electron chi connectivity index (χ1n) is 11.4. The number of aliphatic hydroxyl groups is 1. The molecule has 1 fully saturated rings. The fourth-order valence-electron chi connectivity index (χ4n) is 4.00. The Morgan fingerprint density at radius 2 is 1.88 bits per heavy atom. The van der Waals surface area contributed by atoms with E-state index in [1.54, 1.807) is 19.9 Å². The molecule has 7 nitrogen and oxygen atoms in total. The summed E-state index contributed by atoms with van der Waals surface area (Å²) in [5.74, 6) is 0.578. The molecule has 0 atom stereocenters. The van der Waals surface area contributed by atoms with E-state index in [0.29, 0.717) is 17.9 Å². The highest BCUT2D eigenvalue weighted by Crippen LogP contribution is 2.29. The summed E-state index contributed by atoms with van der Waals surface area (Å²) >= 11 is 0. The smallest absolute Gasteiger partial charge is 0.262 e. The molecule has 2 aromatic carbocycles. The van der Waals surface area contributed by atoms with Crippen LogP contribution >= 0.6 is 0 Å². The van der Waals surface area contributed by atoms with Gasteiger partial charge in [-0.15, -0.1) is 0 Å². The van der Waals surface area contributed by atoms with Crippen molar-refractivity contribution in [2.75, 3.05) is 37.8 Å². The molecule has 1 amide bonds. The van der Waals surface area contributed by atoms with Crippen LogP contribution in [0.25, 0.3) is 28.2 Å². The molecule has 4 rings (SSSR count). The predicted octanol–water partition coefficient (Wildman–Crippen LogP) is 4.12. The van der Waals surface area contributed by atoms with Crippen molar-refractivity contribution in [2.24, 2.45) is 0 Å². The van der Waals surface area contributed by atoms with Gasteiger partial charge in [0.15, 0.2) is 0 Å². The number of carbonyl (C=O) groups excluding carboxylic acids is 1. The molecule has 2 heterocycles. The molecule has 0 aliphatic carbocycles. The van der Waals surface area contributed by atoms with E-state index in [2.05, 4.69) is 40.5 Å². The Hall–Kier alpha value is -3.60. The Bertz CT molecular complexity index is 1250. The molecule has 1 saturated heterocycles. The minimum absolute atomic E-state index is 0.0546. The van der Waals surface area contributed by atoms with E-state index >= 15 is 0 Å². The van der Waals surface area contributed by atoms with Crippen molar-refractivity contribution in [3.05, 3.63) is 59.9 Å². The lowest BCUT2D eigenvalue weighted by molar-refractivity contribution is -0.118. The monoisotopic (exact) mass is 459 g/mol. The third-order valence-electron chi connectivity index (χ3n) is 5.95. The summed E-state index contributed by atoms with van der Waals surface area (Å²) in [4.78, 5) is 14.8. The number of fused-ring (bicyclic) bond motifs is 1. The van der Waals surface area contributed by atoms with Gasteiger partial charge in [0.25, 0.3) is 5.91 Å². The van der Waals surface area contributed by atoms with Gasteiger partial charge in [0.1, 0.15) is 23.2 Å². The maximum Gasteiger partial charge on any atom is 0.262 e. The second-order valence-electron chi connectivity index (χ2n) is 9.03. The molecule has 0 bridgehead atoms. The summed E-state index contributed by atoms with van der Waals surface area (Å²) in [7, 11) is 0. The van der Waals surface area contributed by atoms with Crippen LogP contribution in [0.2, 0.25) is 0 Å². The van der Waals surface area contributed by atoms with Crippen molar-refractivity contribution in [3.63, 3.8) is 0 Å². The molecule has 2 N–H and O–H groups in total. The van der Waals surface area contributed by atoms with E-state index in [0.717, 1.165) is 42.6 Å². The maximum absolute atomic E-state index is 12.5. The molecule has 3 aromatic rings. The number of benzene rings is 2. The zero-order chi connectivity index (χ0) is 24.1. The average Bonchev–Trinajstić information content (AvgIpc) is 3.30. The molecule has 1 aliphatic heterocycles. The normalized spacial score (nSPS) is 14.8. The van der Waals surface area contributed by atoms with Crippen molar-refractivity contribution >= 4 is 28.4 Å². The van der Waals surface area contributed by atoms with Gasteiger partial charge in [-0.25, -0.2) is 0 Å². The van der Waals surface area contributed by atoms with Crippen molar-refractivity contribution in [1.82, 2.24) is 5.32 Å². The number of nitriles is 1. The van der Waals surface area contributed by atoms with Crippen molar-refractivity contribution in [3.8, 4) is 17.4 Å². The second kappa shape index (κ2) is 10.1. The summed E-state index contributed by atoms with van der Waals surface area (Å²) in [5, 5.41) is 23.6. The van der Waals surface area contributed by atoms with Gasteiger partial charge >= 0.3 is 0 Å². The van der Waals surface area contributed by atoms with E-state index < -0.39 is 11.4 Å². The highest BCUT2D eigenvalue weighted by molar-refractivity contribution is 6.01. The third kappa shape index (κ3) is 5.48. The van der Waals surface area contributed by atoms with Crippen molar-refractivity contribution in [2.45, 2.75) is 25.8 Å². The first kappa shape index (κ1) is 23.6. The predicted molar refractivity (Wildman–Crippen MR) is 132 cm³/mol. The van der Waals surface area contributed by atoms with Gasteiger partial charge in [-0.1, -0.05) is 18.2 Å². The minimum atomic E-state index is -0.622. The molecule has 7 heteroatoms. The number of hydrogen-bond acceptors (Lipinski definition) is 6. The van der Waals surface area contributed by atoms with E-state index in [4.69, 9.17) is 14.3 Å². The lowest BCUT2D eigenvalue weighted by atomic mass is 10.0. The molecule has 176 valence electrons. The zero-order valence-electron chi connectivity index (χ0n) is 19.5. The van der Waals surface area contributed by atoms with Crippen LogP contribution in [0.4, 0.5) is 5.69 Å². The molecule has 0 spiro atoms. The molecule has 1 aliphatic rings. The van der Waals surface area contributed by atoms with E-state index in [1.807, 2.05) is 18.2 Å². The van der Waals surface area contributed by atoms with E-state index in [1.165, 1.54) is 11.8 Å². The van der Waals surface area contributed by atoms with Gasteiger partial charge in [0.05, 0.1) is 13.2 Å². The fourth-order valence-corrected chi connectivity index (χ4v) is 4.00. The standard InChI is InChI=1S/C27H29N3O4/c1-27(2,9-12-31)29-26(32)22(18-28)17-24-7-8-25(34-24)21-4-3-20-16-23(6-5-19(20)15-21)30-10-13-33-14-11-30/h3-8,15-17,31H,9-14H2,1-2H3,(H,29,32)/b22-17+. The summed E-state index contributed by atoms with van der Waals surface area (Å²) in [6.07, 6.45) is 1.82. The molecule has 0 unspecified atom stereocenters. The highest BCUT2D eigenvalue weighted by atomic mass is 16.5. The first-order chi connectivity index (χ1) is 16.4. The van der Waals surface area contributed by atoms with Crippen LogP contribution in [0, 0.1) is 11.3 Å². The SMILES string of the molecule is CC(C)(CCO)NC(=O)/C(C#N)=C/c1ccc(-c2ccc3cc(N4CCOCC4)ccc3c2)o1. The number of furan rings is 1. The highest BCUT2D eigenvalue weighted by Gasteiger charge is 2.22. The summed E-state index contributed by atoms with van der Waals surface area (Å²) in [6, 6.07) is 18.1. The molecule has 1 aromatic heterocycles. The Morgan fingerprint density at radius 3 is 2.62 bits per heavy atom. The fraction of sp³-hybridized carbons (Fsp3) is 0.333. The van der Waals surface area contributed by atoms with Crippen molar-refractivity contribution < 1.29 is 19.1 Å². The molecular formula is C27H29N3O4. The number of nitrogens with zero attached hydrogens (tertiary/aromatic N) is 2. The topological polar surface area (TPSA) is 98.7 Å². The number of nitrogens with one attached hydrogen (secondary N) is 1. The van der Waals surface area contributed by atoms with Gasteiger partial charge in [-0.05, 0) is 61.4 Å². The van der Waals surface area contributed by atoms with Crippen LogP contribution in [-0.2, 0) is 9.53 Å². The van der Waals surface area contributed by atoms with Crippen LogP contribution < -0.4 is 10.2 Å². The molecule has 0 saturated carbocycles. The Morgan fingerprint density at radius 1 is 1.15 bits per heavy atom. The quantitative estimate of drug-likeness (QED) is 0.407. The summed E-state index contributed by atoms with van der Waals surface area (Å²) in [6.45, 7) is 6.84. The number of aliphatic hydroxyl groups excluding tert-OH is 1. The van der Waals surface area contributed by atoms with E-state index in [9.17, 15) is 10.1 Å². The first-order valence-corrected chi connectivity index (χ1v) is 11.4. The van der Waals surface area contributed by atoms with Crippen LogP contribution in [0.15, 0.2) is 58.5 Å². The number of ether oxygens (including phenoxy) is 1. The van der Waals surface area contributed by atoms with Gasteiger partial charge in [0, 0.05) is 42.6 Å². The number of carbonyl (C=O) groups is 1. The van der Waals surface area contributed by atoms with Crippen LogP contribution in [0.3, 0.4) is 0 Å². The Labute approximate surface area is 199 Å². The van der Waals surface area contributed by atoms with Crippen LogP contribution in [0.5, 0.6) is 0 Å². The molecular weight excluding hydrogens is 430 g/mol. The lowest BCUT2D eigenvalue weighted by Crippen LogP contribution is -2.44. The van der Waals surface area contributed by atoms with Gasteiger partial charge in [0.2, 0.25) is 0 Å². The van der Waals surface area contributed by atoms with Crippen LogP contribution in [0.1, 0.15) is 26.0 Å². The van der Waals surface area contributed by atoms with E-state index in [-0.39, 0.29) is 12.2 Å². The Balaban J connectivity index is 1.53. The maximum atomic E-state index is 12.5. The average molecular weight is 460 g/mol. The number of rotatable bonds is 7. The van der Waals surface area contributed by atoms with Crippen molar-refractivity contribution in [1.29, 1.82) is 5.26 Å². The molecule has 34 heavy (non-hydrogen) atoms. The largest absolute Gasteiger partial charge is 0.457 e. The van der Waals surface area contributed by atoms with Gasteiger partial charge < -0.3 is 24.5 Å². The third-order valence-corrected chi connectivity index (χ3v) is 5.95. The number of hydrogen-bond donors (Lipinski definition) is 2. The van der Waals surface area contributed by atoms with Gasteiger partial charge in [-0.2, -0.15) is 5.26 Å². The number of anilines is 1. The minimum Gasteiger partial charge on any atom is -0.457 e. The van der Waals surface area contributed by atoms with Gasteiger partial charge in [-0.3, -0.25) is 4.79 Å². The van der Waals surface area contributed by atoms with Crippen LogP contribution in [-0.4, -0.2) is 49.5 Å². The number of amides is 1. The lowest BCUT2D eigenvalue weighted by Gasteiger charge is -2.29. The summed E-state index contributed by atoms with van der Waals surface area (Å²) in [5.41, 5.74) is 1.43. The molecule has 0 radical (unpaired) electrons. The zero-order valence-corrected chi connectivity index (χ0v) is 19.5.